The molecule has 5 heteroatoms. The fourth-order valence-corrected chi connectivity index (χ4v) is 3.12. The van der Waals surface area contributed by atoms with E-state index in [-0.39, 0.29) is 18.6 Å². The summed E-state index contributed by atoms with van der Waals surface area (Å²) in [5, 5.41) is 4.89. The van der Waals surface area contributed by atoms with Crippen molar-refractivity contribution in [1.29, 1.82) is 0 Å². The van der Waals surface area contributed by atoms with Crippen molar-refractivity contribution in [1.82, 2.24) is 5.32 Å². The number of esters is 1. The number of carbonyl (C=O) groups is 2. The number of ether oxygens (including phenoxy) is 1. The Labute approximate surface area is 129 Å². The lowest BCUT2D eigenvalue weighted by molar-refractivity contribution is -0.144. The monoisotopic (exact) mass is 307 g/mol. The summed E-state index contributed by atoms with van der Waals surface area (Å²) in [6, 6.07) is 4.03. The molecule has 2 atom stereocenters. The van der Waals surface area contributed by atoms with Gasteiger partial charge in [-0.2, -0.15) is 0 Å². The molecule has 2 rings (SSSR count). The molecule has 1 amide bonds. The van der Waals surface area contributed by atoms with Crippen molar-refractivity contribution < 1.29 is 14.3 Å². The van der Waals surface area contributed by atoms with Crippen LogP contribution in [0.1, 0.15) is 37.5 Å². The van der Waals surface area contributed by atoms with Gasteiger partial charge in [0, 0.05) is 17.0 Å². The standard InChI is InChI=1S/C16H21NO3S/c1-12-5-2-3-7-14(12)17-15(18)11-20-16(19)9-8-13-6-4-10-21-13/h4,6,8-10,12,14H,2-3,5,7,11H2,1H3,(H,17,18)/b9-8+/t12-,14+/m0/s1. The van der Waals surface area contributed by atoms with Crippen molar-refractivity contribution >= 4 is 29.3 Å². The van der Waals surface area contributed by atoms with E-state index in [0.717, 1.165) is 24.1 Å². The zero-order valence-electron chi connectivity index (χ0n) is 12.2. The molecule has 0 bridgehead atoms. The van der Waals surface area contributed by atoms with Crippen LogP contribution in [-0.4, -0.2) is 24.5 Å². The predicted octanol–water partition coefficient (Wildman–Crippen LogP) is 3.00. The van der Waals surface area contributed by atoms with E-state index in [1.807, 2.05) is 17.5 Å². The number of rotatable bonds is 5. The Morgan fingerprint density at radius 3 is 2.95 bits per heavy atom. The molecule has 0 unspecified atom stereocenters. The second kappa shape index (κ2) is 7.98. The average Bonchev–Trinajstić information content (AvgIpc) is 2.99. The second-order valence-corrected chi connectivity index (χ2v) is 6.37. The number of nitrogens with one attached hydrogen (secondary N) is 1. The molecule has 1 heterocycles. The lowest BCUT2D eigenvalue weighted by atomic mass is 9.86. The maximum atomic E-state index is 11.8. The summed E-state index contributed by atoms with van der Waals surface area (Å²) in [5.41, 5.74) is 0. The normalized spacial score (nSPS) is 22.1. The molecule has 1 saturated carbocycles. The lowest BCUT2D eigenvalue weighted by Crippen LogP contribution is -2.42. The smallest absolute Gasteiger partial charge is 0.331 e. The highest BCUT2D eigenvalue weighted by Crippen LogP contribution is 2.23. The summed E-state index contributed by atoms with van der Waals surface area (Å²) in [5.74, 6) is -0.209. The van der Waals surface area contributed by atoms with Crippen LogP contribution in [0.4, 0.5) is 0 Å². The van der Waals surface area contributed by atoms with Gasteiger partial charge in [-0.15, -0.1) is 11.3 Å². The molecule has 1 aliphatic rings. The Kier molecular flexibility index (Phi) is 5.99. The third-order valence-corrected chi connectivity index (χ3v) is 4.57. The van der Waals surface area contributed by atoms with Crippen LogP contribution >= 0.6 is 11.3 Å². The lowest BCUT2D eigenvalue weighted by Gasteiger charge is -2.29. The van der Waals surface area contributed by atoms with E-state index in [9.17, 15) is 9.59 Å². The van der Waals surface area contributed by atoms with Crippen LogP contribution in [-0.2, 0) is 14.3 Å². The number of amides is 1. The number of hydrogen-bond donors (Lipinski definition) is 1. The minimum atomic E-state index is -0.491. The van der Waals surface area contributed by atoms with Crippen LogP contribution in [0.3, 0.4) is 0 Å². The molecule has 1 N–H and O–H groups in total. The van der Waals surface area contributed by atoms with E-state index in [1.54, 1.807) is 6.08 Å². The van der Waals surface area contributed by atoms with Gasteiger partial charge in [-0.1, -0.05) is 25.8 Å². The molecule has 21 heavy (non-hydrogen) atoms. The molecule has 0 spiro atoms. The van der Waals surface area contributed by atoms with Gasteiger partial charge in [0.2, 0.25) is 0 Å². The SMILES string of the molecule is C[C@H]1CCCC[C@H]1NC(=O)COC(=O)/C=C/c1cccs1. The van der Waals surface area contributed by atoms with Crippen molar-refractivity contribution in [3.8, 4) is 0 Å². The van der Waals surface area contributed by atoms with Crippen molar-refractivity contribution in [2.24, 2.45) is 5.92 Å². The van der Waals surface area contributed by atoms with Crippen LogP contribution in [0.2, 0.25) is 0 Å². The minimum absolute atomic E-state index is 0.211. The van der Waals surface area contributed by atoms with Gasteiger partial charge in [0.25, 0.3) is 5.91 Å². The van der Waals surface area contributed by atoms with Gasteiger partial charge in [0.15, 0.2) is 6.61 Å². The molecule has 1 aromatic rings. The van der Waals surface area contributed by atoms with Gasteiger partial charge in [-0.05, 0) is 36.3 Å². The van der Waals surface area contributed by atoms with Gasteiger partial charge in [0.05, 0.1) is 0 Å². The summed E-state index contributed by atoms with van der Waals surface area (Å²) < 4.78 is 4.95. The van der Waals surface area contributed by atoms with Gasteiger partial charge < -0.3 is 10.1 Å². The molecule has 0 aliphatic heterocycles. The molecule has 1 aliphatic carbocycles. The third kappa shape index (κ3) is 5.34. The summed E-state index contributed by atoms with van der Waals surface area (Å²) in [6.07, 6.45) is 7.58. The van der Waals surface area contributed by atoms with E-state index >= 15 is 0 Å². The predicted molar refractivity (Wildman–Crippen MR) is 83.9 cm³/mol. The van der Waals surface area contributed by atoms with E-state index in [2.05, 4.69) is 12.2 Å². The van der Waals surface area contributed by atoms with Gasteiger partial charge in [0.1, 0.15) is 0 Å². The van der Waals surface area contributed by atoms with E-state index in [1.165, 1.54) is 23.8 Å². The molecule has 0 aromatic carbocycles. The molecular weight excluding hydrogens is 286 g/mol. The van der Waals surface area contributed by atoms with Crippen molar-refractivity contribution in [3.63, 3.8) is 0 Å². The Morgan fingerprint density at radius 1 is 1.43 bits per heavy atom. The van der Waals surface area contributed by atoms with Crippen LogP contribution in [0.5, 0.6) is 0 Å². The molecule has 4 nitrogen and oxygen atoms in total. The van der Waals surface area contributed by atoms with Gasteiger partial charge in [-0.25, -0.2) is 4.79 Å². The fourth-order valence-electron chi connectivity index (χ4n) is 2.50. The maximum absolute atomic E-state index is 11.8. The highest BCUT2D eigenvalue weighted by Gasteiger charge is 2.22. The van der Waals surface area contributed by atoms with Crippen LogP contribution in [0, 0.1) is 5.92 Å². The second-order valence-electron chi connectivity index (χ2n) is 5.39. The molecule has 114 valence electrons. The Balaban J connectivity index is 1.69. The van der Waals surface area contributed by atoms with Gasteiger partial charge in [-0.3, -0.25) is 4.79 Å². The third-order valence-electron chi connectivity index (χ3n) is 3.73. The molecule has 1 aromatic heterocycles. The zero-order chi connectivity index (χ0) is 15.1. The highest BCUT2D eigenvalue weighted by atomic mass is 32.1. The molecule has 1 fully saturated rings. The summed E-state index contributed by atoms with van der Waals surface area (Å²) in [6.45, 7) is 1.94. The van der Waals surface area contributed by atoms with Crippen LogP contribution < -0.4 is 5.32 Å². The first-order valence-corrected chi connectivity index (χ1v) is 8.21. The average molecular weight is 307 g/mol. The summed E-state index contributed by atoms with van der Waals surface area (Å²) >= 11 is 1.54. The van der Waals surface area contributed by atoms with Crippen molar-refractivity contribution in [3.05, 3.63) is 28.5 Å². The Morgan fingerprint density at radius 2 is 2.24 bits per heavy atom. The Hall–Kier alpha value is -1.62. The van der Waals surface area contributed by atoms with Gasteiger partial charge >= 0.3 is 5.97 Å². The van der Waals surface area contributed by atoms with E-state index in [0.29, 0.717) is 5.92 Å². The van der Waals surface area contributed by atoms with E-state index < -0.39 is 5.97 Å². The largest absolute Gasteiger partial charge is 0.452 e. The zero-order valence-corrected chi connectivity index (χ0v) is 13.0. The summed E-state index contributed by atoms with van der Waals surface area (Å²) in [7, 11) is 0. The minimum Gasteiger partial charge on any atom is -0.452 e. The first kappa shape index (κ1) is 15.8. The quantitative estimate of drug-likeness (QED) is 0.672. The molecular formula is C16H21NO3S. The summed E-state index contributed by atoms with van der Waals surface area (Å²) in [4.78, 5) is 24.3. The van der Waals surface area contributed by atoms with Crippen molar-refractivity contribution in [2.75, 3.05) is 6.61 Å². The maximum Gasteiger partial charge on any atom is 0.331 e. The van der Waals surface area contributed by atoms with Crippen molar-refractivity contribution in [2.45, 2.75) is 38.6 Å². The first-order chi connectivity index (χ1) is 10.1. The molecule has 0 saturated heterocycles. The fraction of sp³-hybridized carbons (Fsp3) is 0.500. The number of thiophene rings is 1. The number of hydrogen-bond acceptors (Lipinski definition) is 4. The topological polar surface area (TPSA) is 55.4 Å². The number of carbonyl (C=O) groups excluding carboxylic acids is 2. The first-order valence-electron chi connectivity index (χ1n) is 7.33. The van der Waals surface area contributed by atoms with Crippen LogP contribution in [0.15, 0.2) is 23.6 Å². The van der Waals surface area contributed by atoms with Crippen LogP contribution in [0.25, 0.3) is 6.08 Å². The molecule has 0 radical (unpaired) electrons. The highest BCUT2D eigenvalue weighted by molar-refractivity contribution is 7.10. The Bertz CT molecular complexity index is 496. The van der Waals surface area contributed by atoms with E-state index in [4.69, 9.17) is 4.74 Å².